The molecule has 0 N–H and O–H groups in total. The average molecular weight is 531 g/mol. The Morgan fingerprint density at radius 2 is 0.950 bits per heavy atom. The van der Waals surface area contributed by atoms with Crippen molar-refractivity contribution in [2.24, 2.45) is 0 Å². The number of benzene rings is 5. The van der Waals surface area contributed by atoms with Crippen LogP contribution in [0.5, 0.6) is 11.5 Å². The van der Waals surface area contributed by atoms with Gasteiger partial charge in [-0.05, 0) is 93.7 Å². The van der Waals surface area contributed by atoms with Crippen molar-refractivity contribution in [1.29, 1.82) is 0 Å². The van der Waals surface area contributed by atoms with Crippen LogP contribution in [0.15, 0.2) is 84.9 Å². The number of epoxide rings is 2. The number of fused-ring (bicyclic) bond motifs is 2. The Hall–Kier alpha value is -3.86. The van der Waals surface area contributed by atoms with Gasteiger partial charge in [-0.1, -0.05) is 72.8 Å². The molecule has 4 heteroatoms. The van der Waals surface area contributed by atoms with Crippen molar-refractivity contribution in [2.75, 3.05) is 26.4 Å². The molecule has 0 amide bonds. The highest BCUT2D eigenvalue weighted by Crippen LogP contribution is 2.36. The standard InChI is InChI=1S/C36H34O4/c1-23-15-25(11-13-35(23)39-21-27-19-37-27)17-33-29-7-3-5-9-31(29)34(32-10-6-4-8-30(32)33)18-26-12-14-36(24(2)16-26)40-22-28-20-38-28/h3-16,27-28H,17-22H2,1-2H3. The molecule has 0 bridgehead atoms. The molecule has 40 heavy (non-hydrogen) atoms. The smallest absolute Gasteiger partial charge is 0.122 e. The van der Waals surface area contributed by atoms with Crippen LogP contribution >= 0.6 is 0 Å². The fourth-order valence-electron chi connectivity index (χ4n) is 5.76. The van der Waals surface area contributed by atoms with E-state index in [1.54, 1.807) is 0 Å². The lowest BCUT2D eigenvalue weighted by Crippen LogP contribution is -2.05. The zero-order chi connectivity index (χ0) is 27.1. The third-order valence-corrected chi connectivity index (χ3v) is 8.05. The summed E-state index contributed by atoms with van der Waals surface area (Å²) in [6.07, 6.45) is 2.24. The minimum absolute atomic E-state index is 0.257. The summed E-state index contributed by atoms with van der Waals surface area (Å²) in [6.45, 7) is 7.13. The molecule has 0 aliphatic carbocycles. The predicted octanol–water partition coefficient (Wildman–Crippen LogP) is 7.35. The van der Waals surface area contributed by atoms with Gasteiger partial charge in [0.2, 0.25) is 0 Å². The topological polar surface area (TPSA) is 43.5 Å². The van der Waals surface area contributed by atoms with Gasteiger partial charge in [-0.3, -0.25) is 0 Å². The molecule has 2 fully saturated rings. The summed E-state index contributed by atoms with van der Waals surface area (Å²) in [4.78, 5) is 0. The van der Waals surface area contributed by atoms with Crippen LogP contribution in [0, 0.1) is 13.8 Å². The Morgan fingerprint density at radius 3 is 1.27 bits per heavy atom. The Morgan fingerprint density at radius 1 is 0.575 bits per heavy atom. The Labute approximate surface area is 235 Å². The normalized spacial score (nSPS) is 17.8. The van der Waals surface area contributed by atoms with Crippen LogP contribution in [-0.2, 0) is 22.3 Å². The van der Waals surface area contributed by atoms with E-state index in [2.05, 4.69) is 98.8 Å². The SMILES string of the molecule is Cc1cc(Cc2c3ccccc3c(Cc3ccc(OCC4CO4)c(C)c3)c3ccccc23)ccc1OCC1CO1. The highest BCUT2D eigenvalue weighted by Gasteiger charge is 2.24. The maximum Gasteiger partial charge on any atom is 0.122 e. The van der Waals surface area contributed by atoms with Crippen LogP contribution < -0.4 is 9.47 Å². The second-order valence-electron chi connectivity index (χ2n) is 11.1. The minimum Gasteiger partial charge on any atom is -0.491 e. The molecule has 2 saturated heterocycles. The van der Waals surface area contributed by atoms with Gasteiger partial charge in [-0.2, -0.15) is 0 Å². The first-order valence-electron chi connectivity index (χ1n) is 14.2. The molecule has 7 rings (SSSR count). The van der Waals surface area contributed by atoms with E-state index in [9.17, 15) is 0 Å². The molecular formula is C36H34O4. The maximum absolute atomic E-state index is 5.98. The zero-order valence-corrected chi connectivity index (χ0v) is 23.1. The molecule has 0 radical (unpaired) electrons. The van der Waals surface area contributed by atoms with E-state index in [1.165, 1.54) is 43.8 Å². The summed E-state index contributed by atoms with van der Waals surface area (Å²) in [6, 6.07) is 30.9. The van der Waals surface area contributed by atoms with Gasteiger partial charge >= 0.3 is 0 Å². The average Bonchev–Trinajstić information content (AvgIpc) is 3.90. The molecule has 0 aromatic heterocycles. The van der Waals surface area contributed by atoms with Crippen molar-refractivity contribution in [3.63, 3.8) is 0 Å². The van der Waals surface area contributed by atoms with E-state index in [0.717, 1.165) is 48.7 Å². The second-order valence-corrected chi connectivity index (χ2v) is 11.1. The van der Waals surface area contributed by atoms with E-state index < -0.39 is 0 Å². The first-order valence-corrected chi connectivity index (χ1v) is 14.2. The lowest BCUT2D eigenvalue weighted by Gasteiger charge is -2.18. The molecule has 2 aliphatic rings. The monoisotopic (exact) mass is 530 g/mol. The maximum atomic E-state index is 5.98. The van der Waals surface area contributed by atoms with E-state index in [4.69, 9.17) is 18.9 Å². The van der Waals surface area contributed by atoms with E-state index >= 15 is 0 Å². The summed E-state index contributed by atoms with van der Waals surface area (Å²) in [5.41, 5.74) is 7.65. The van der Waals surface area contributed by atoms with Gasteiger partial charge in [0.1, 0.15) is 36.9 Å². The lowest BCUT2D eigenvalue weighted by molar-refractivity contribution is 0.261. The van der Waals surface area contributed by atoms with Crippen molar-refractivity contribution in [3.05, 3.63) is 118 Å². The van der Waals surface area contributed by atoms with Gasteiger partial charge < -0.3 is 18.9 Å². The van der Waals surface area contributed by atoms with Gasteiger partial charge in [0.05, 0.1) is 13.2 Å². The first kappa shape index (κ1) is 25.1. The van der Waals surface area contributed by atoms with Crippen molar-refractivity contribution in [1.82, 2.24) is 0 Å². The second kappa shape index (κ2) is 10.6. The highest BCUT2D eigenvalue weighted by atomic mass is 16.6. The number of ether oxygens (including phenoxy) is 4. The van der Waals surface area contributed by atoms with E-state index in [1.807, 2.05) is 0 Å². The van der Waals surface area contributed by atoms with Crippen molar-refractivity contribution in [3.8, 4) is 11.5 Å². The first-order chi connectivity index (χ1) is 19.6. The van der Waals surface area contributed by atoms with Crippen LogP contribution in [0.1, 0.15) is 33.4 Å². The van der Waals surface area contributed by atoms with Crippen LogP contribution in [0.25, 0.3) is 21.5 Å². The Bertz CT molecular complexity index is 1510. The summed E-state index contributed by atoms with van der Waals surface area (Å²) < 4.78 is 22.6. The molecule has 2 aliphatic heterocycles. The van der Waals surface area contributed by atoms with E-state index in [-0.39, 0.29) is 12.2 Å². The van der Waals surface area contributed by atoms with Gasteiger partial charge in [0, 0.05) is 0 Å². The third kappa shape index (κ3) is 5.30. The quantitative estimate of drug-likeness (QED) is 0.140. The summed E-state index contributed by atoms with van der Waals surface area (Å²) >= 11 is 0. The summed E-state index contributed by atoms with van der Waals surface area (Å²) in [5, 5.41) is 5.28. The molecule has 4 nitrogen and oxygen atoms in total. The zero-order valence-electron chi connectivity index (χ0n) is 23.1. The molecule has 2 atom stereocenters. The molecule has 0 spiro atoms. The van der Waals surface area contributed by atoms with Gasteiger partial charge in [-0.25, -0.2) is 0 Å². The molecule has 2 heterocycles. The van der Waals surface area contributed by atoms with Crippen LogP contribution in [0.3, 0.4) is 0 Å². The molecule has 5 aromatic carbocycles. The van der Waals surface area contributed by atoms with Gasteiger partial charge in [-0.15, -0.1) is 0 Å². The highest BCUT2D eigenvalue weighted by molar-refractivity contribution is 6.06. The van der Waals surface area contributed by atoms with Crippen molar-refractivity contribution >= 4 is 21.5 Å². The van der Waals surface area contributed by atoms with Crippen LogP contribution in [-0.4, -0.2) is 38.6 Å². The van der Waals surface area contributed by atoms with Crippen LogP contribution in [0.2, 0.25) is 0 Å². The van der Waals surface area contributed by atoms with E-state index in [0.29, 0.717) is 13.2 Å². The largest absolute Gasteiger partial charge is 0.491 e. The van der Waals surface area contributed by atoms with Gasteiger partial charge in [0.15, 0.2) is 0 Å². The fraction of sp³-hybridized carbons (Fsp3) is 0.278. The third-order valence-electron chi connectivity index (χ3n) is 8.05. The number of hydrogen-bond acceptors (Lipinski definition) is 4. The number of aryl methyl sites for hydroxylation is 2. The molecule has 5 aromatic rings. The Kier molecular flexibility index (Phi) is 6.66. The summed E-state index contributed by atoms with van der Waals surface area (Å²) in [7, 11) is 0. The molecule has 2 unspecified atom stereocenters. The summed E-state index contributed by atoms with van der Waals surface area (Å²) in [5.74, 6) is 1.88. The van der Waals surface area contributed by atoms with Gasteiger partial charge in [0.25, 0.3) is 0 Å². The lowest BCUT2D eigenvalue weighted by atomic mass is 9.86. The molecule has 202 valence electrons. The van der Waals surface area contributed by atoms with Crippen LogP contribution in [0.4, 0.5) is 0 Å². The Balaban J connectivity index is 1.24. The molecular weight excluding hydrogens is 496 g/mol. The fourth-order valence-corrected chi connectivity index (χ4v) is 5.76. The molecule has 0 saturated carbocycles. The number of hydrogen-bond donors (Lipinski definition) is 0. The minimum atomic E-state index is 0.257. The van der Waals surface area contributed by atoms with Crippen molar-refractivity contribution in [2.45, 2.75) is 38.9 Å². The van der Waals surface area contributed by atoms with Crippen molar-refractivity contribution < 1.29 is 18.9 Å². The predicted molar refractivity (Wildman–Crippen MR) is 160 cm³/mol. The number of rotatable bonds is 10.